The number of hydrogen-bond acceptors (Lipinski definition) is 4. The molecule has 1 aliphatic carbocycles. The molecule has 17 heavy (non-hydrogen) atoms. The number of nitrogens with zero attached hydrogens (tertiary/aromatic N) is 3. The van der Waals surface area contributed by atoms with E-state index in [1.807, 2.05) is 11.9 Å². The van der Waals surface area contributed by atoms with Gasteiger partial charge in [-0.3, -0.25) is 14.6 Å². The number of rotatable bonds is 5. The van der Waals surface area contributed by atoms with Crippen molar-refractivity contribution in [3.05, 3.63) is 0 Å². The first-order chi connectivity index (χ1) is 8.20. The van der Waals surface area contributed by atoms with Crippen LogP contribution in [0, 0.1) is 0 Å². The molecule has 1 heterocycles. The molecule has 2 aliphatic rings. The van der Waals surface area contributed by atoms with Crippen LogP contribution in [0.4, 0.5) is 0 Å². The van der Waals surface area contributed by atoms with Crippen molar-refractivity contribution in [3.63, 3.8) is 0 Å². The summed E-state index contributed by atoms with van der Waals surface area (Å²) in [5, 5.41) is 8.85. The Labute approximate surface area is 103 Å². The smallest absolute Gasteiger partial charge is 0.236 e. The Morgan fingerprint density at radius 3 is 2.35 bits per heavy atom. The monoisotopic (exact) mass is 241 g/mol. The maximum atomic E-state index is 11.9. The van der Waals surface area contributed by atoms with Crippen molar-refractivity contribution in [2.75, 3.05) is 52.9 Å². The van der Waals surface area contributed by atoms with Crippen LogP contribution in [0.1, 0.15) is 12.8 Å². The quantitative estimate of drug-likeness (QED) is 0.686. The Bertz CT molecular complexity index is 260. The molecule has 2 fully saturated rings. The van der Waals surface area contributed by atoms with E-state index in [2.05, 4.69) is 9.80 Å². The molecule has 0 spiro atoms. The van der Waals surface area contributed by atoms with Crippen molar-refractivity contribution in [1.82, 2.24) is 14.7 Å². The van der Waals surface area contributed by atoms with E-state index >= 15 is 0 Å². The van der Waals surface area contributed by atoms with Crippen LogP contribution >= 0.6 is 0 Å². The van der Waals surface area contributed by atoms with E-state index in [1.54, 1.807) is 0 Å². The fraction of sp³-hybridized carbons (Fsp3) is 0.917. The van der Waals surface area contributed by atoms with Crippen molar-refractivity contribution >= 4 is 5.91 Å². The highest BCUT2D eigenvalue weighted by Crippen LogP contribution is 2.25. The zero-order chi connectivity index (χ0) is 12.3. The molecule has 1 saturated carbocycles. The van der Waals surface area contributed by atoms with Crippen LogP contribution in [-0.4, -0.2) is 84.7 Å². The molecule has 1 N–H and O–H groups in total. The second kappa shape index (κ2) is 5.80. The number of aliphatic hydroxyl groups is 1. The minimum Gasteiger partial charge on any atom is -0.395 e. The lowest BCUT2D eigenvalue weighted by atomic mass is 10.3. The second-order valence-corrected chi connectivity index (χ2v) is 5.08. The largest absolute Gasteiger partial charge is 0.395 e. The Morgan fingerprint density at radius 1 is 1.24 bits per heavy atom. The normalized spacial score (nSPS) is 22.7. The number of carbonyl (C=O) groups excluding carboxylic acids is 1. The Balaban J connectivity index is 1.68. The highest BCUT2D eigenvalue weighted by Gasteiger charge is 2.30. The number of β-amino-alcohol motifs (C(OH)–C–C–N with tert-alkyl or cyclic N) is 1. The molecule has 5 nitrogen and oxygen atoms in total. The summed E-state index contributed by atoms with van der Waals surface area (Å²) in [6.07, 6.45) is 2.35. The van der Waals surface area contributed by atoms with Crippen molar-refractivity contribution in [3.8, 4) is 0 Å². The van der Waals surface area contributed by atoms with E-state index in [0.29, 0.717) is 12.6 Å². The molecular weight excluding hydrogens is 218 g/mol. The molecule has 0 bridgehead atoms. The van der Waals surface area contributed by atoms with E-state index < -0.39 is 0 Å². The number of likely N-dealkylation sites (N-methyl/N-ethyl adjacent to an activating group) is 1. The molecule has 2 rings (SSSR count). The molecule has 0 aromatic carbocycles. The third-order valence-corrected chi connectivity index (χ3v) is 3.73. The molecule has 98 valence electrons. The fourth-order valence-corrected chi connectivity index (χ4v) is 2.28. The first-order valence-corrected chi connectivity index (χ1v) is 6.52. The molecular formula is C12H23N3O2. The van der Waals surface area contributed by atoms with Crippen LogP contribution in [0.3, 0.4) is 0 Å². The Kier molecular flexibility index (Phi) is 4.36. The third kappa shape index (κ3) is 3.66. The predicted octanol–water partition coefficient (Wildman–Crippen LogP) is -0.783. The Morgan fingerprint density at radius 2 is 1.82 bits per heavy atom. The van der Waals surface area contributed by atoms with Gasteiger partial charge in [-0.2, -0.15) is 0 Å². The third-order valence-electron chi connectivity index (χ3n) is 3.73. The summed E-state index contributed by atoms with van der Waals surface area (Å²) < 4.78 is 0. The average Bonchev–Trinajstić information content (AvgIpc) is 3.15. The van der Waals surface area contributed by atoms with Gasteiger partial charge in [-0.05, 0) is 12.8 Å². The number of piperazine rings is 1. The number of hydrogen-bond donors (Lipinski definition) is 1. The minimum atomic E-state index is 0.226. The first-order valence-electron chi connectivity index (χ1n) is 6.52. The SMILES string of the molecule is CN(C(=O)CN1CCN(CCO)CC1)C1CC1. The van der Waals surface area contributed by atoms with E-state index in [9.17, 15) is 4.79 Å². The van der Waals surface area contributed by atoms with Crippen LogP contribution in [0.2, 0.25) is 0 Å². The van der Waals surface area contributed by atoms with E-state index in [-0.39, 0.29) is 12.5 Å². The minimum absolute atomic E-state index is 0.226. The molecule has 0 aromatic rings. The summed E-state index contributed by atoms with van der Waals surface area (Å²) in [5.74, 6) is 0.253. The lowest BCUT2D eigenvalue weighted by molar-refractivity contribution is -0.132. The van der Waals surface area contributed by atoms with Gasteiger partial charge >= 0.3 is 0 Å². The summed E-state index contributed by atoms with van der Waals surface area (Å²) in [7, 11) is 1.92. The van der Waals surface area contributed by atoms with Gasteiger partial charge in [-0.1, -0.05) is 0 Å². The lowest BCUT2D eigenvalue weighted by Crippen LogP contribution is -2.50. The molecule has 1 amide bonds. The maximum Gasteiger partial charge on any atom is 0.236 e. The summed E-state index contributed by atoms with van der Waals surface area (Å²) in [4.78, 5) is 18.3. The van der Waals surface area contributed by atoms with Crippen LogP contribution < -0.4 is 0 Å². The topological polar surface area (TPSA) is 47.0 Å². The van der Waals surface area contributed by atoms with Gasteiger partial charge in [0, 0.05) is 45.8 Å². The van der Waals surface area contributed by atoms with Crippen molar-refractivity contribution in [2.24, 2.45) is 0 Å². The van der Waals surface area contributed by atoms with E-state index in [4.69, 9.17) is 5.11 Å². The Hall–Kier alpha value is -0.650. The van der Waals surface area contributed by atoms with Crippen molar-refractivity contribution in [2.45, 2.75) is 18.9 Å². The number of amides is 1. The van der Waals surface area contributed by atoms with Crippen LogP contribution in [0.25, 0.3) is 0 Å². The highest BCUT2D eigenvalue weighted by molar-refractivity contribution is 5.78. The molecule has 0 aromatic heterocycles. The lowest BCUT2D eigenvalue weighted by Gasteiger charge is -2.34. The van der Waals surface area contributed by atoms with Gasteiger partial charge in [0.1, 0.15) is 0 Å². The molecule has 0 radical (unpaired) electrons. The van der Waals surface area contributed by atoms with Gasteiger partial charge < -0.3 is 10.0 Å². The maximum absolute atomic E-state index is 11.9. The highest BCUT2D eigenvalue weighted by atomic mass is 16.3. The first kappa shape index (κ1) is 12.8. The van der Waals surface area contributed by atoms with Crippen molar-refractivity contribution in [1.29, 1.82) is 0 Å². The van der Waals surface area contributed by atoms with E-state index in [1.165, 1.54) is 12.8 Å². The number of carbonyl (C=O) groups is 1. The van der Waals surface area contributed by atoms with Crippen LogP contribution in [0.5, 0.6) is 0 Å². The summed E-state index contributed by atoms with van der Waals surface area (Å²) in [6.45, 7) is 5.32. The summed E-state index contributed by atoms with van der Waals surface area (Å²) >= 11 is 0. The van der Waals surface area contributed by atoms with Gasteiger partial charge in [0.15, 0.2) is 0 Å². The summed E-state index contributed by atoms with van der Waals surface area (Å²) in [5.41, 5.74) is 0. The van der Waals surface area contributed by atoms with Gasteiger partial charge in [-0.25, -0.2) is 0 Å². The fourth-order valence-electron chi connectivity index (χ4n) is 2.28. The molecule has 1 saturated heterocycles. The zero-order valence-corrected chi connectivity index (χ0v) is 10.6. The molecule has 1 aliphatic heterocycles. The van der Waals surface area contributed by atoms with Crippen LogP contribution in [0.15, 0.2) is 0 Å². The van der Waals surface area contributed by atoms with Gasteiger partial charge in [-0.15, -0.1) is 0 Å². The van der Waals surface area contributed by atoms with Gasteiger partial charge in [0.2, 0.25) is 5.91 Å². The predicted molar refractivity (Wildman–Crippen MR) is 65.8 cm³/mol. The van der Waals surface area contributed by atoms with Crippen molar-refractivity contribution < 1.29 is 9.90 Å². The zero-order valence-electron chi connectivity index (χ0n) is 10.6. The molecule has 0 unspecified atom stereocenters. The average molecular weight is 241 g/mol. The second-order valence-electron chi connectivity index (χ2n) is 5.08. The molecule has 0 atom stereocenters. The van der Waals surface area contributed by atoms with Crippen LogP contribution in [-0.2, 0) is 4.79 Å². The molecule has 5 heteroatoms. The van der Waals surface area contributed by atoms with Gasteiger partial charge in [0.25, 0.3) is 0 Å². The number of aliphatic hydroxyl groups excluding tert-OH is 1. The van der Waals surface area contributed by atoms with E-state index in [0.717, 1.165) is 32.7 Å². The standard InChI is InChI=1S/C12H23N3O2/c1-13(11-2-3-11)12(17)10-15-6-4-14(5-7-15)8-9-16/h11,16H,2-10H2,1H3. The van der Waals surface area contributed by atoms with Gasteiger partial charge in [0.05, 0.1) is 13.2 Å². The summed E-state index contributed by atoms with van der Waals surface area (Å²) in [6, 6.07) is 0.512.